The lowest BCUT2D eigenvalue weighted by atomic mass is 10.1. The van der Waals surface area contributed by atoms with Crippen molar-refractivity contribution in [1.82, 2.24) is 0 Å². The third kappa shape index (κ3) is 5.28. The number of anilines is 1. The fraction of sp³-hybridized carbons (Fsp3) is 0.533. The highest BCUT2D eigenvalue weighted by molar-refractivity contribution is 5.88. The molecule has 0 aliphatic carbocycles. The summed E-state index contributed by atoms with van der Waals surface area (Å²) in [5, 5.41) is 11.8. The minimum absolute atomic E-state index is 0.0290. The van der Waals surface area contributed by atoms with Gasteiger partial charge < -0.3 is 10.4 Å². The van der Waals surface area contributed by atoms with Crippen molar-refractivity contribution in [2.75, 3.05) is 5.32 Å². The van der Waals surface area contributed by atoms with Gasteiger partial charge in [0.15, 0.2) is 0 Å². The first-order valence-corrected chi connectivity index (χ1v) is 6.84. The van der Waals surface area contributed by atoms with Crippen molar-refractivity contribution < 1.29 is 14.3 Å². The van der Waals surface area contributed by atoms with Gasteiger partial charge in [0.25, 0.3) is 0 Å². The van der Waals surface area contributed by atoms with Crippen LogP contribution in [-0.4, -0.2) is 17.1 Å². The Morgan fingerprint density at radius 2 is 2.11 bits per heavy atom. The Hall–Kier alpha value is -1.58. The smallest absolute Gasteiger partial charge is 0.335 e. The first-order valence-electron chi connectivity index (χ1n) is 6.84. The van der Waals surface area contributed by atoms with Gasteiger partial charge in [-0.25, -0.2) is 9.18 Å². The predicted octanol–water partition coefficient (Wildman–Crippen LogP) is 4.29. The number of carbonyl (C=O) groups is 1. The summed E-state index contributed by atoms with van der Waals surface area (Å²) < 4.78 is 13.7. The van der Waals surface area contributed by atoms with Crippen LogP contribution < -0.4 is 5.32 Å². The topological polar surface area (TPSA) is 49.3 Å². The highest BCUT2D eigenvalue weighted by atomic mass is 19.1. The maximum Gasteiger partial charge on any atom is 0.335 e. The van der Waals surface area contributed by atoms with Crippen LogP contribution in [0.3, 0.4) is 0 Å². The molecule has 3 nitrogen and oxygen atoms in total. The summed E-state index contributed by atoms with van der Waals surface area (Å²) >= 11 is 0. The zero-order chi connectivity index (χ0) is 14.3. The normalized spacial score (nSPS) is 12.2. The van der Waals surface area contributed by atoms with Gasteiger partial charge in [0, 0.05) is 6.04 Å². The second-order valence-electron chi connectivity index (χ2n) is 4.89. The molecular formula is C15H22FNO2. The third-order valence-corrected chi connectivity index (χ3v) is 3.11. The van der Waals surface area contributed by atoms with Gasteiger partial charge in [0.1, 0.15) is 5.82 Å². The van der Waals surface area contributed by atoms with E-state index in [0.29, 0.717) is 5.69 Å². The van der Waals surface area contributed by atoms with E-state index in [2.05, 4.69) is 12.2 Å². The second-order valence-corrected chi connectivity index (χ2v) is 4.89. The van der Waals surface area contributed by atoms with Crippen LogP contribution in [0.25, 0.3) is 0 Å². The molecule has 0 aliphatic heterocycles. The van der Waals surface area contributed by atoms with E-state index in [9.17, 15) is 9.18 Å². The summed E-state index contributed by atoms with van der Waals surface area (Å²) in [6.07, 6.45) is 5.74. The van der Waals surface area contributed by atoms with Crippen molar-refractivity contribution in [2.45, 2.75) is 52.0 Å². The molecule has 1 aromatic rings. The van der Waals surface area contributed by atoms with Gasteiger partial charge in [0.2, 0.25) is 0 Å². The lowest BCUT2D eigenvalue weighted by Crippen LogP contribution is -2.16. The number of nitrogens with one attached hydrogen (secondary N) is 1. The highest BCUT2D eigenvalue weighted by Crippen LogP contribution is 2.18. The molecule has 0 heterocycles. The quantitative estimate of drug-likeness (QED) is 0.691. The highest BCUT2D eigenvalue weighted by Gasteiger charge is 2.10. The average molecular weight is 267 g/mol. The molecule has 106 valence electrons. The number of benzene rings is 1. The van der Waals surface area contributed by atoms with Gasteiger partial charge in [-0.1, -0.05) is 32.6 Å². The molecule has 19 heavy (non-hydrogen) atoms. The van der Waals surface area contributed by atoms with Crippen molar-refractivity contribution in [3.05, 3.63) is 29.6 Å². The number of hydrogen-bond acceptors (Lipinski definition) is 2. The Balaban J connectivity index is 2.50. The van der Waals surface area contributed by atoms with E-state index < -0.39 is 11.8 Å². The molecule has 1 unspecified atom stereocenters. The second kappa shape index (κ2) is 7.77. The van der Waals surface area contributed by atoms with Crippen molar-refractivity contribution in [3.8, 4) is 0 Å². The SMILES string of the molecule is CCCCCCC(C)Nc1ccc(C(=O)O)cc1F. The molecule has 0 aromatic heterocycles. The van der Waals surface area contributed by atoms with Gasteiger partial charge in [-0.15, -0.1) is 0 Å². The number of aromatic carboxylic acids is 1. The van der Waals surface area contributed by atoms with E-state index in [1.54, 1.807) is 0 Å². The summed E-state index contributed by atoms with van der Waals surface area (Å²) in [6.45, 7) is 4.18. The summed E-state index contributed by atoms with van der Waals surface area (Å²) in [7, 11) is 0. The van der Waals surface area contributed by atoms with E-state index in [-0.39, 0.29) is 11.6 Å². The molecule has 0 spiro atoms. The number of carboxylic acids is 1. The van der Waals surface area contributed by atoms with E-state index in [0.717, 1.165) is 18.9 Å². The first kappa shape index (κ1) is 15.5. The molecule has 2 N–H and O–H groups in total. The first-order chi connectivity index (χ1) is 9.04. The molecule has 1 aromatic carbocycles. The maximum atomic E-state index is 13.7. The van der Waals surface area contributed by atoms with Gasteiger partial charge in [0.05, 0.1) is 11.3 Å². The van der Waals surface area contributed by atoms with Crippen LogP contribution in [0.5, 0.6) is 0 Å². The zero-order valence-electron chi connectivity index (χ0n) is 11.6. The molecule has 0 saturated heterocycles. The summed E-state index contributed by atoms with van der Waals surface area (Å²) in [6, 6.07) is 4.13. The standard InChI is InChI=1S/C15H22FNO2/c1-3-4-5-6-7-11(2)17-14-9-8-12(15(18)19)10-13(14)16/h8-11,17H,3-7H2,1-2H3,(H,18,19). The molecule has 0 amide bonds. The fourth-order valence-corrected chi connectivity index (χ4v) is 1.98. The molecule has 0 fully saturated rings. The van der Waals surface area contributed by atoms with Crippen LogP contribution in [0, 0.1) is 5.82 Å². The van der Waals surface area contributed by atoms with Crippen LogP contribution >= 0.6 is 0 Å². The van der Waals surface area contributed by atoms with Crippen LogP contribution in [0.4, 0.5) is 10.1 Å². The minimum atomic E-state index is -1.11. The number of halogens is 1. The molecule has 0 aliphatic rings. The molecule has 1 atom stereocenters. The predicted molar refractivity (Wildman–Crippen MR) is 75.2 cm³/mol. The van der Waals surface area contributed by atoms with Crippen molar-refractivity contribution >= 4 is 11.7 Å². The maximum absolute atomic E-state index is 13.7. The lowest BCUT2D eigenvalue weighted by molar-refractivity contribution is 0.0696. The summed E-state index contributed by atoms with van der Waals surface area (Å²) in [4.78, 5) is 10.7. The number of hydrogen-bond donors (Lipinski definition) is 2. The Morgan fingerprint density at radius 1 is 1.37 bits per heavy atom. The lowest BCUT2D eigenvalue weighted by Gasteiger charge is -2.16. The summed E-state index contributed by atoms with van der Waals surface area (Å²) in [5.74, 6) is -1.63. The van der Waals surface area contributed by atoms with E-state index in [1.165, 1.54) is 31.4 Å². The molecule has 1 rings (SSSR count). The molecule has 0 saturated carbocycles. The van der Waals surface area contributed by atoms with E-state index in [1.807, 2.05) is 6.92 Å². The number of rotatable bonds is 8. The van der Waals surface area contributed by atoms with Crippen LogP contribution in [-0.2, 0) is 0 Å². The Kier molecular flexibility index (Phi) is 6.33. The average Bonchev–Trinajstić information content (AvgIpc) is 2.37. The van der Waals surface area contributed by atoms with Crippen molar-refractivity contribution in [3.63, 3.8) is 0 Å². The van der Waals surface area contributed by atoms with Gasteiger partial charge in [-0.3, -0.25) is 0 Å². The molecule has 0 radical (unpaired) electrons. The van der Waals surface area contributed by atoms with Crippen molar-refractivity contribution in [2.24, 2.45) is 0 Å². The number of unbranched alkanes of at least 4 members (excludes halogenated alkanes) is 3. The fourth-order valence-electron chi connectivity index (χ4n) is 1.98. The minimum Gasteiger partial charge on any atom is -0.478 e. The monoisotopic (exact) mass is 267 g/mol. The Morgan fingerprint density at radius 3 is 2.68 bits per heavy atom. The molecule has 0 bridgehead atoms. The van der Waals surface area contributed by atoms with Gasteiger partial charge in [-0.2, -0.15) is 0 Å². The molecular weight excluding hydrogens is 245 g/mol. The van der Waals surface area contributed by atoms with Crippen LogP contribution in [0.1, 0.15) is 56.3 Å². The van der Waals surface area contributed by atoms with Gasteiger partial charge in [-0.05, 0) is 31.5 Å². The van der Waals surface area contributed by atoms with Crippen LogP contribution in [0.2, 0.25) is 0 Å². The Bertz CT molecular complexity index is 421. The van der Waals surface area contributed by atoms with Crippen molar-refractivity contribution in [1.29, 1.82) is 0 Å². The summed E-state index contributed by atoms with van der Waals surface area (Å²) in [5.41, 5.74) is 0.339. The largest absolute Gasteiger partial charge is 0.478 e. The number of carboxylic acid groups (broad SMARTS) is 1. The third-order valence-electron chi connectivity index (χ3n) is 3.11. The molecule has 4 heteroatoms. The van der Waals surface area contributed by atoms with Gasteiger partial charge >= 0.3 is 5.97 Å². The van der Waals surface area contributed by atoms with E-state index in [4.69, 9.17) is 5.11 Å². The Labute approximate surface area is 113 Å². The van der Waals surface area contributed by atoms with Crippen LogP contribution in [0.15, 0.2) is 18.2 Å². The zero-order valence-corrected chi connectivity index (χ0v) is 11.6. The van der Waals surface area contributed by atoms with E-state index >= 15 is 0 Å².